The molecular weight excluding hydrogens is 821 g/mol. The van der Waals surface area contributed by atoms with E-state index in [4.69, 9.17) is 18.9 Å². The van der Waals surface area contributed by atoms with Gasteiger partial charge in [-0.2, -0.15) is 0 Å². The number of carbonyl (C=O) groups is 4. The van der Waals surface area contributed by atoms with Crippen molar-refractivity contribution in [1.82, 2.24) is 9.80 Å². The van der Waals surface area contributed by atoms with Gasteiger partial charge in [0.25, 0.3) is 0 Å². The number of amides is 1. The first-order valence-electron chi connectivity index (χ1n) is 25.7. The fourth-order valence-corrected chi connectivity index (χ4v) is 9.68. The second-order valence-electron chi connectivity index (χ2n) is 17.5. The lowest BCUT2D eigenvalue weighted by molar-refractivity contribution is -0.150. The Hall–Kier alpha value is -1.66. The summed E-state index contributed by atoms with van der Waals surface area (Å²) in [4.78, 5) is 56.3. The number of ether oxygens (including phenoxy) is 4. The average molecular weight is 915 g/mol. The smallest absolute Gasteiger partial charge is 0.410 e. The molecule has 1 saturated heterocycles. The summed E-state index contributed by atoms with van der Waals surface area (Å²) >= 11 is 0. The van der Waals surface area contributed by atoms with Crippen LogP contribution >= 0.6 is 21.6 Å². The molecule has 1 amide bonds. The van der Waals surface area contributed by atoms with Gasteiger partial charge in [0, 0.05) is 18.1 Å². The van der Waals surface area contributed by atoms with Gasteiger partial charge in [-0.15, -0.1) is 0 Å². The first-order valence-corrected chi connectivity index (χ1v) is 28.2. The molecule has 0 radical (unpaired) electrons. The van der Waals surface area contributed by atoms with Crippen LogP contribution in [0.3, 0.4) is 0 Å². The van der Waals surface area contributed by atoms with Gasteiger partial charge in [-0.05, 0) is 51.6 Å². The number of carbonyl (C=O) groups excluding carboxylic acids is 4. The molecule has 0 aromatic carbocycles. The minimum atomic E-state index is -0.507. The van der Waals surface area contributed by atoms with Crippen molar-refractivity contribution in [1.29, 1.82) is 0 Å². The van der Waals surface area contributed by atoms with E-state index in [1.54, 1.807) is 21.6 Å². The third-order valence-corrected chi connectivity index (χ3v) is 14.3. The molecule has 62 heavy (non-hydrogen) atoms. The summed E-state index contributed by atoms with van der Waals surface area (Å²) in [5.41, 5.74) is 0. The quantitative estimate of drug-likeness (QED) is 0.0252. The molecule has 0 aromatic heterocycles. The SMILES string of the molecule is CCCCCCCCC(CCCCCC)C(=O)OCCN(CCOC(=O)C(CCCCCC)CCCCCCCC)C(=O)OCCSSCCOC(=O)CCN1CCCCCC1. The highest BCUT2D eigenvalue weighted by Gasteiger charge is 2.23. The predicted octanol–water partition coefficient (Wildman–Crippen LogP) is 13.4. The molecule has 0 aliphatic carbocycles. The van der Waals surface area contributed by atoms with E-state index in [2.05, 4.69) is 32.6 Å². The molecule has 12 heteroatoms. The van der Waals surface area contributed by atoms with Crippen LogP contribution < -0.4 is 0 Å². The van der Waals surface area contributed by atoms with Crippen LogP contribution in [0, 0.1) is 11.8 Å². The van der Waals surface area contributed by atoms with Crippen molar-refractivity contribution in [3.8, 4) is 0 Å². The molecule has 2 atom stereocenters. The second-order valence-corrected chi connectivity index (χ2v) is 20.2. The van der Waals surface area contributed by atoms with Crippen LogP contribution in [0.5, 0.6) is 0 Å². The standard InChI is InChI=1S/C50H94N2O8S2/c1-5-9-13-17-19-25-31-45(29-23-15-11-7-3)48(54)58-39-37-52(38-40-59-49(55)46(30-24-16-12-8-4)32-26-20-18-14-10-6-2)50(56)60-42-44-62-61-43-41-57-47(53)33-36-51-34-27-21-22-28-35-51/h45-46H,5-44H2,1-4H3. The number of hydrogen-bond donors (Lipinski definition) is 0. The van der Waals surface area contributed by atoms with Crippen molar-refractivity contribution in [3.05, 3.63) is 0 Å². The summed E-state index contributed by atoms with van der Waals surface area (Å²) in [5.74, 6) is 0.496. The van der Waals surface area contributed by atoms with E-state index in [9.17, 15) is 19.2 Å². The molecular formula is C50H94N2O8S2. The van der Waals surface area contributed by atoms with Gasteiger partial charge in [0.2, 0.25) is 0 Å². The molecule has 0 N–H and O–H groups in total. The molecule has 2 unspecified atom stereocenters. The lowest BCUT2D eigenvalue weighted by Crippen LogP contribution is -2.38. The molecule has 0 spiro atoms. The van der Waals surface area contributed by atoms with E-state index >= 15 is 0 Å². The zero-order chi connectivity index (χ0) is 45.1. The van der Waals surface area contributed by atoms with E-state index in [0.29, 0.717) is 24.5 Å². The molecule has 1 fully saturated rings. The van der Waals surface area contributed by atoms with Crippen LogP contribution in [-0.4, -0.2) is 104 Å². The summed E-state index contributed by atoms with van der Waals surface area (Å²) in [7, 11) is 3.16. The lowest BCUT2D eigenvalue weighted by atomic mass is 9.94. The maximum Gasteiger partial charge on any atom is 0.410 e. The van der Waals surface area contributed by atoms with E-state index < -0.39 is 6.09 Å². The Morgan fingerprint density at radius 2 is 0.871 bits per heavy atom. The Kier molecular flexibility index (Phi) is 40.7. The zero-order valence-corrected chi connectivity index (χ0v) is 42.0. The van der Waals surface area contributed by atoms with Gasteiger partial charge in [-0.25, -0.2) is 4.79 Å². The summed E-state index contributed by atoms with van der Waals surface area (Å²) in [5, 5.41) is 0. The predicted molar refractivity (Wildman–Crippen MR) is 261 cm³/mol. The van der Waals surface area contributed by atoms with Crippen LogP contribution in [-0.2, 0) is 33.3 Å². The van der Waals surface area contributed by atoms with Gasteiger partial charge < -0.3 is 28.7 Å². The van der Waals surface area contributed by atoms with E-state index in [1.807, 2.05) is 0 Å². The largest absolute Gasteiger partial charge is 0.465 e. The van der Waals surface area contributed by atoms with Crippen LogP contribution in [0.25, 0.3) is 0 Å². The Labute approximate surface area is 388 Å². The normalized spacial score (nSPS) is 14.2. The number of rotatable bonds is 42. The van der Waals surface area contributed by atoms with Gasteiger partial charge >= 0.3 is 24.0 Å². The summed E-state index contributed by atoms with van der Waals surface area (Å²) in [6, 6.07) is 0. The Morgan fingerprint density at radius 3 is 1.31 bits per heavy atom. The molecule has 10 nitrogen and oxygen atoms in total. The zero-order valence-electron chi connectivity index (χ0n) is 40.4. The highest BCUT2D eigenvalue weighted by Crippen LogP contribution is 2.23. The summed E-state index contributed by atoms with van der Waals surface area (Å²) in [6.45, 7) is 12.8. The first kappa shape index (κ1) is 58.4. The van der Waals surface area contributed by atoms with Crippen molar-refractivity contribution in [3.63, 3.8) is 0 Å². The van der Waals surface area contributed by atoms with Gasteiger partial charge in [0.05, 0.1) is 31.3 Å². The van der Waals surface area contributed by atoms with E-state index in [0.717, 1.165) is 110 Å². The summed E-state index contributed by atoms with van der Waals surface area (Å²) in [6.07, 6.45) is 31.4. The number of nitrogens with zero attached hydrogens (tertiary/aromatic N) is 2. The number of likely N-dealkylation sites (tertiary alicyclic amines) is 1. The second kappa shape index (κ2) is 43.2. The Morgan fingerprint density at radius 1 is 0.484 bits per heavy atom. The average Bonchev–Trinajstić information content (AvgIpc) is 3.56. The van der Waals surface area contributed by atoms with Crippen molar-refractivity contribution < 1.29 is 38.1 Å². The molecule has 364 valence electrons. The highest BCUT2D eigenvalue weighted by molar-refractivity contribution is 8.76. The van der Waals surface area contributed by atoms with Crippen LogP contribution in [0.15, 0.2) is 0 Å². The topological polar surface area (TPSA) is 112 Å². The van der Waals surface area contributed by atoms with Crippen LogP contribution in [0.4, 0.5) is 4.79 Å². The molecule has 1 rings (SSSR count). The molecule has 0 aromatic rings. The third kappa shape index (κ3) is 33.8. The van der Waals surface area contributed by atoms with Crippen molar-refractivity contribution in [2.24, 2.45) is 11.8 Å². The lowest BCUT2D eigenvalue weighted by Gasteiger charge is -2.23. The Balaban J connectivity index is 2.70. The Bertz CT molecular complexity index is 1030. The van der Waals surface area contributed by atoms with Crippen molar-refractivity contribution in [2.75, 3.05) is 70.7 Å². The maximum absolute atomic E-state index is 13.4. The minimum absolute atomic E-state index is 0.0727. The highest BCUT2D eigenvalue weighted by atomic mass is 33.1. The van der Waals surface area contributed by atoms with Gasteiger partial charge in [-0.1, -0.05) is 191 Å². The molecule has 0 bridgehead atoms. The summed E-state index contributed by atoms with van der Waals surface area (Å²) < 4.78 is 22.8. The fourth-order valence-electron chi connectivity index (χ4n) is 8.02. The minimum Gasteiger partial charge on any atom is -0.465 e. The van der Waals surface area contributed by atoms with Gasteiger partial charge in [-0.3, -0.25) is 14.4 Å². The van der Waals surface area contributed by atoms with E-state index in [1.165, 1.54) is 94.8 Å². The van der Waals surface area contributed by atoms with Crippen LogP contribution in [0.2, 0.25) is 0 Å². The van der Waals surface area contributed by atoms with Crippen molar-refractivity contribution >= 4 is 45.6 Å². The van der Waals surface area contributed by atoms with Crippen LogP contribution in [0.1, 0.15) is 214 Å². The monoisotopic (exact) mass is 915 g/mol. The van der Waals surface area contributed by atoms with E-state index in [-0.39, 0.29) is 62.7 Å². The maximum atomic E-state index is 13.4. The first-order chi connectivity index (χ1) is 30.4. The molecule has 1 aliphatic heterocycles. The van der Waals surface area contributed by atoms with Crippen molar-refractivity contribution in [2.45, 2.75) is 214 Å². The fraction of sp³-hybridized carbons (Fsp3) is 0.920. The van der Waals surface area contributed by atoms with Gasteiger partial charge in [0.1, 0.15) is 26.4 Å². The third-order valence-electron chi connectivity index (χ3n) is 12.0. The molecule has 0 saturated carbocycles. The number of esters is 3. The molecule has 1 heterocycles. The number of unbranched alkanes of at least 4 members (excludes halogenated alkanes) is 16. The van der Waals surface area contributed by atoms with Gasteiger partial charge in [0.15, 0.2) is 0 Å². The molecule has 1 aliphatic rings. The number of hydrogen-bond acceptors (Lipinski definition) is 11.